The molecule has 102 valence electrons. The van der Waals surface area contributed by atoms with Gasteiger partial charge in [0.25, 0.3) is 0 Å². The largest absolute Gasteiger partial charge is 0.381 e. The Balaban J connectivity index is 2.03. The van der Waals surface area contributed by atoms with Crippen molar-refractivity contribution in [3.8, 4) is 0 Å². The normalized spacial score (nSPS) is 18.4. The van der Waals surface area contributed by atoms with Crippen LogP contribution in [0.2, 0.25) is 0 Å². The molecule has 0 unspecified atom stereocenters. The number of hydrogen-bond donors (Lipinski definition) is 0. The third kappa shape index (κ3) is 6.80. The minimum atomic E-state index is 0.834. The van der Waals surface area contributed by atoms with Crippen LogP contribution in [0.5, 0.6) is 0 Å². The van der Waals surface area contributed by atoms with Crippen molar-refractivity contribution >= 4 is 0 Å². The van der Waals surface area contributed by atoms with E-state index in [4.69, 9.17) is 4.74 Å². The number of ether oxygens (including phenoxy) is 1. The SMILES string of the molecule is C=C/C=C\C(=C/C)CCCOCC1CCCCC1. The van der Waals surface area contributed by atoms with Crippen LogP contribution in [0.1, 0.15) is 51.9 Å². The van der Waals surface area contributed by atoms with Gasteiger partial charge in [-0.3, -0.25) is 0 Å². The van der Waals surface area contributed by atoms with Gasteiger partial charge in [0, 0.05) is 13.2 Å². The Morgan fingerprint density at radius 2 is 2.06 bits per heavy atom. The first-order chi connectivity index (χ1) is 8.86. The van der Waals surface area contributed by atoms with E-state index >= 15 is 0 Å². The Morgan fingerprint density at radius 1 is 1.28 bits per heavy atom. The molecule has 0 bridgehead atoms. The standard InChI is InChI=1S/C17H28O/c1-3-5-10-16(4-2)13-9-14-18-15-17-11-7-6-8-12-17/h3-5,10,17H,1,6-9,11-15H2,2H3/b10-5-,16-4+. The molecule has 0 aliphatic heterocycles. The molecule has 0 heterocycles. The molecule has 0 atom stereocenters. The predicted molar refractivity (Wildman–Crippen MR) is 79.7 cm³/mol. The van der Waals surface area contributed by atoms with E-state index in [1.165, 1.54) is 37.7 Å². The topological polar surface area (TPSA) is 9.23 Å². The molecular formula is C17H28O. The van der Waals surface area contributed by atoms with Gasteiger partial charge in [0.05, 0.1) is 0 Å². The van der Waals surface area contributed by atoms with Gasteiger partial charge in [0.1, 0.15) is 0 Å². The van der Waals surface area contributed by atoms with E-state index in [0.717, 1.165) is 32.0 Å². The minimum Gasteiger partial charge on any atom is -0.381 e. The molecule has 0 aromatic carbocycles. The first kappa shape index (κ1) is 15.2. The van der Waals surface area contributed by atoms with Crippen LogP contribution in [0.3, 0.4) is 0 Å². The maximum absolute atomic E-state index is 5.80. The van der Waals surface area contributed by atoms with Crippen molar-refractivity contribution in [3.05, 3.63) is 36.5 Å². The van der Waals surface area contributed by atoms with Gasteiger partial charge < -0.3 is 4.74 Å². The number of allylic oxidation sites excluding steroid dienone is 5. The van der Waals surface area contributed by atoms with Crippen molar-refractivity contribution in [2.75, 3.05) is 13.2 Å². The highest BCUT2D eigenvalue weighted by molar-refractivity contribution is 5.20. The summed E-state index contributed by atoms with van der Waals surface area (Å²) in [6.45, 7) is 7.66. The van der Waals surface area contributed by atoms with Crippen molar-refractivity contribution in [2.24, 2.45) is 5.92 Å². The molecule has 0 N–H and O–H groups in total. The van der Waals surface area contributed by atoms with Crippen LogP contribution in [0.25, 0.3) is 0 Å². The van der Waals surface area contributed by atoms with Crippen LogP contribution in [0.15, 0.2) is 36.5 Å². The van der Waals surface area contributed by atoms with E-state index in [9.17, 15) is 0 Å². The summed E-state index contributed by atoms with van der Waals surface area (Å²) in [5.41, 5.74) is 1.37. The number of rotatable bonds is 8. The van der Waals surface area contributed by atoms with Crippen molar-refractivity contribution < 1.29 is 4.74 Å². The molecule has 1 aliphatic carbocycles. The van der Waals surface area contributed by atoms with Crippen LogP contribution in [-0.4, -0.2) is 13.2 Å². The summed E-state index contributed by atoms with van der Waals surface area (Å²) in [6, 6.07) is 0. The fraction of sp³-hybridized carbons (Fsp3) is 0.647. The van der Waals surface area contributed by atoms with Crippen molar-refractivity contribution in [1.29, 1.82) is 0 Å². The molecule has 1 rings (SSSR count). The summed E-state index contributed by atoms with van der Waals surface area (Å²) in [5.74, 6) is 0.834. The van der Waals surface area contributed by atoms with Gasteiger partial charge in [-0.15, -0.1) is 0 Å². The molecule has 1 nitrogen and oxygen atoms in total. The molecular weight excluding hydrogens is 220 g/mol. The zero-order chi connectivity index (χ0) is 13.1. The first-order valence-electron chi connectivity index (χ1n) is 7.39. The monoisotopic (exact) mass is 248 g/mol. The van der Waals surface area contributed by atoms with Gasteiger partial charge in [-0.05, 0) is 38.5 Å². The summed E-state index contributed by atoms with van der Waals surface area (Å²) in [5, 5.41) is 0. The molecule has 18 heavy (non-hydrogen) atoms. The van der Waals surface area contributed by atoms with Gasteiger partial charge in [0.15, 0.2) is 0 Å². The van der Waals surface area contributed by atoms with Gasteiger partial charge in [-0.1, -0.05) is 55.7 Å². The zero-order valence-corrected chi connectivity index (χ0v) is 11.9. The maximum Gasteiger partial charge on any atom is 0.0494 e. The molecule has 0 aromatic rings. The fourth-order valence-electron chi connectivity index (χ4n) is 2.50. The van der Waals surface area contributed by atoms with E-state index in [1.54, 1.807) is 0 Å². The Bertz CT molecular complexity index is 269. The lowest BCUT2D eigenvalue weighted by molar-refractivity contribution is 0.0839. The second-order valence-corrected chi connectivity index (χ2v) is 5.14. The fourth-order valence-corrected chi connectivity index (χ4v) is 2.50. The summed E-state index contributed by atoms with van der Waals surface area (Å²) in [7, 11) is 0. The van der Waals surface area contributed by atoms with E-state index in [-0.39, 0.29) is 0 Å². The lowest BCUT2D eigenvalue weighted by Crippen LogP contribution is -2.13. The van der Waals surface area contributed by atoms with E-state index in [1.807, 2.05) is 12.2 Å². The van der Waals surface area contributed by atoms with E-state index < -0.39 is 0 Å². The molecule has 0 saturated heterocycles. The second-order valence-electron chi connectivity index (χ2n) is 5.14. The highest BCUT2D eigenvalue weighted by Crippen LogP contribution is 2.23. The Kier molecular flexibility index (Phi) is 8.58. The van der Waals surface area contributed by atoms with Crippen LogP contribution in [0, 0.1) is 5.92 Å². The van der Waals surface area contributed by atoms with Gasteiger partial charge in [-0.25, -0.2) is 0 Å². The Morgan fingerprint density at radius 3 is 2.72 bits per heavy atom. The summed E-state index contributed by atoms with van der Waals surface area (Å²) < 4.78 is 5.80. The van der Waals surface area contributed by atoms with Crippen molar-refractivity contribution in [3.63, 3.8) is 0 Å². The van der Waals surface area contributed by atoms with Crippen molar-refractivity contribution in [1.82, 2.24) is 0 Å². The molecule has 0 radical (unpaired) electrons. The van der Waals surface area contributed by atoms with E-state index in [0.29, 0.717) is 0 Å². The third-order valence-corrected chi connectivity index (χ3v) is 3.65. The highest BCUT2D eigenvalue weighted by atomic mass is 16.5. The minimum absolute atomic E-state index is 0.834. The Hall–Kier alpha value is -0.820. The van der Waals surface area contributed by atoms with Gasteiger partial charge in [-0.2, -0.15) is 0 Å². The lowest BCUT2D eigenvalue weighted by atomic mass is 9.90. The van der Waals surface area contributed by atoms with Crippen LogP contribution < -0.4 is 0 Å². The molecule has 1 fully saturated rings. The third-order valence-electron chi connectivity index (χ3n) is 3.65. The summed E-state index contributed by atoms with van der Waals surface area (Å²) >= 11 is 0. The van der Waals surface area contributed by atoms with Crippen molar-refractivity contribution in [2.45, 2.75) is 51.9 Å². The van der Waals surface area contributed by atoms with Crippen LogP contribution in [-0.2, 0) is 4.74 Å². The molecule has 1 heteroatoms. The predicted octanol–water partition coefficient (Wildman–Crippen LogP) is 5.05. The summed E-state index contributed by atoms with van der Waals surface area (Å²) in [4.78, 5) is 0. The second kappa shape index (κ2) is 10.1. The van der Waals surface area contributed by atoms with Gasteiger partial charge >= 0.3 is 0 Å². The smallest absolute Gasteiger partial charge is 0.0494 e. The lowest BCUT2D eigenvalue weighted by Gasteiger charge is -2.21. The average Bonchev–Trinajstić information content (AvgIpc) is 2.43. The van der Waals surface area contributed by atoms with Crippen LogP contribution in [0.4, 0.5) is 0 Å². The van der Waals surface area contributed by atoms with Crippen LogP contribution >= 0.6 is 0 Å². The van der Waals surface area contributed by atoms with Gasteiger partial charge in [0.2, 0.25) is 0 Å². The first-order valence-corrected chi connectivity index (χ1v) is 7.39. The Labute approximate surface area is 113 Å². The molecule has 0 amide bonds. The quantitative estimate of drug-likeness (QED) is 0.431. The number of hydrogen-bond acceptors (Lipinski definition) is 1. The molecule has 1 saturated carbocycles. The maximum atomic E-state index is 5.80. The highest BCUT2D eigenvalue weighted by Gasteiger charge is 2.12. The zero-order valence-electron chi connectivity index (χ0n) is 11.9. The van der Waals surface area contributed by atoms with E-state index in [2.05, 4.69) is 25.7 Å². The molecule has 1 aliphatic rings. The average molecular weight is 248 g/mol. The molecule has 0 spiro atoms. The summed E-state index contributed by atoms with van der Waals surface area (Å²) in [6.07, 6.45) is 17.3. The molecule has 0 aromatic heterocycles.